The lowest BCUT2D eigenvalue weighted by Gasteiger charge is -2.29. The smallest absolute Gasteiger partial charge is 0.261 e. The highest BCUT2D eigenvalue weighted by molar-refractivity contribution is 6.21. The van der Waals surface area contributed by atoms with Crippen LogP contribution in [-0.4, -0.2) is 45.2 Å². The third-order valence-electron chi connectivity index (χ3n) is 5.62. The zero-order valence-electron chi connectivity index (χ0n) is 15.3. The third-order valence-corrected chi connectivity index (χ3v) is 5.62. The molecule has 3 amide bonds. The number of fused-ring (bicyclic) bond motifs is 4. The molecule has 3 aromatic rings. The lowest BCUT2D eigenvalue weighted by atomic mass is 10.1. The molecule has 140 valence electrons. The second-order valence-electron chi connectivity index (χ2n) is 7.22. The van der Waals surface area contributed by atoms with Crippen LogP contribution in [0.15, 0.2) is 54.6 Å². The number of benzene rings is 2. The van der Waals surface area contributed by atoms with Crippen molar-refractivity contribution >= 4 is 28.6 Å². The lowest BCUT2D eigenvalue weighted by molar-refractivity contribution is -0.132. The van der Waals surface area contributed by atoms with Crippen molar-refractivity contribution in [2.24, 2.45) is 0 Å². The largest absolute Gasteiger partial charge is 0.341 e. The van der Waals surface area contributed by atoms with Crippen molar-refractivity contribution in [2.45, 2.75) is 19.5 Å². The number of rotatable bonds is 3. The molecule has 0 N–H and O–H groups in total. The zero-order chi connectivity index (χ0) is 19.3. The molecule has 3 heterocycles. The molecule has 0 atom stereocenters. The summed E-state index contributed by atoms with van der Waals surface area (Å²) in [5, 5.41) is 1.18. The second kappa shape index (κ2) is 6.34. The Hall–Kier alpha value is -3.41. The van der Waals surface area contributed by atoms with Gasteiger partial charge in [0.2, 0.25) is 5.91 Å². The van der Waals surface area contributed by atoms with Crippen LogP contribution in [0.3, 0.4) is 0 Å². The van der Waals surface area contributed by atoms with Gasteiger partial charge in [0.25, 0.3) is 11.8 Å². The van der Waals surface area contributed by atoms with Crippen LogP contribution in [0.4, 0.5) is 0 Å². The van der Waals surface area contributed by atoms with E-state index in [9.17, 15) is 14.4 Å². The van der Waals surface area contributed by atoms with E-state index in [1.807, 2.05) is 17.0 Å². The summed E-state index contributed by atoms with van der Waals surface area (Å²) in [4.78, 5) is 40.6. The second-order valence-corrected chi connectivity index (χ2v) is 7.22. The fourth-order valence-electron chi connectivity index (χ4n) is 4.18. The van der Waals surface area contributed by atoms with Crippen LogP contribution < -0.4 is 0 Å². The Kier molecular flexibility index (Phi) is 3.79. The molecule has 5 rings (SSSR count). The minimum Gasteiger partial charge on any atom is -0.341 e. The summed E-state index contributed by atoms with van der Waals surface area (Å²) in [5.74, 6) is -0.660. The maximum atomic E-state index is 12.7. The van der Waals surface area contributed by atoms with Gasteiger partial charge in [0, 0.05) is 37.3 Å². The van der Waals surface area contributed by atoms with Gasteiger partial charge in [0.05, 0.1) is 17.7 Å². The standard InChI is InChI=1S/C22H19N3O3/c26-20(9-10-25-21(27)17-6-2-3-7-18(17)22(25)28)23-11-12-24-16(14-23)13-15-5-1-4-8-19(15)24/h1-8,13H,9-12,14H2. The predicted molar refractivity (Wildman–Crippen MR) is 104 cm³/mol. The maximum Gasteiger partial charge on any atom is 0.261 e. The van der Waals surface area contributed by atoms with Crippen molar-refractivity contribution in [3.63, 3.8) is 0 Å². The van der Waals surface area contributed by atoms with Crippen molar-refractivity contribution in [2.75, 3.05) is 13.1 Å². The number of amides is 3. The summed E-state index contributed by atoms with van der Waals surface area (Å²) in [5.41, 5.74) is 3.14. The third kappa shape index (κ3) is 2.52. The predicted octanol–water partition coefficient (Wildman–Crippen LogP) is 2.67. The van der Waals surface area contributed by atoms with Crippen molar-refractivity contribution in [3.05, 3.63) is 71.4 Å². The summed E-state index contributed by atoms with van der Waals surface area (Å²) in [6, 6.07) is 17.1. The number of carbonyl (C=O) groups excluding carboxylic acids is 3. The first-order valence-electron chi connectivity index (χ1n) is 9.43. The van der Waals surface area contributed by atoms with Gasteiger partial charge in [-0.25, -0.2) is 0 Å². The molecule has 0 saturated heterocycles. The van der Waals surface area contributed by atoms with E-state index in [-0.39, 0.29) is 30.7 Å². The molecule has 0 radical (unpaired) electrons. The van der Waals surface area contributed by atoms with E-state index < -0.39 is 0 Å². The average molecular weight is 373 g/mol. The van der Waals surface area contributed by atoms with E-state index in [0.717, 1.165) is 12.2 Å². The Bertz CT molecular complexity index is 1100. The van der Waals surface area contributed by atoms with Crippen molar-refractivity contribution in [1.82, 2.24) is 14.4 Å². The summed E-state index contributed by atoms with van der Waals surface area (Å²) in [6.45, 7) is 2.05. The Morgan fingerprint density at radius 1 is 0.893 bits per heavy atom. The molecule has 2 aliphatic heterocycles. The topological polar surface area (TPSA) is 62.6 Å². The molecule has 2 aromatic carbocycles. The van der Waals surface area contributed by atoms with Gasteiger partial charge in [-0.15, -0.1) is 0 Å². The summed E-state index contributed by atoms with van der Waals surface area (Å²) in [7, 11) is 0. The van der Waals surface area contributed by atoms with Gasteiger partial charge in [-0.2, -0.15) is 0 Å². The number of imide groups is 1. The van der Waals surface area contributed by atoms with E-state index in [2.05, 4.69) is 22.8 Å². The summed E-state index contributed by atoms with van der Waals surface area (Å²) < 4.78 is 2.25. The molecule has 1 aromatic heterocycles. The molecule has 0 saturated carbocycles. The number of nitrogens with zero attached hydrogens (tertiary/aromatic N) is 3. The molecule has 28 heavy (non-hydrogen) atoms. The summed E-state index contributed by atoms with van der Waals surface area (Å²) >= 11 is 0. The lowest BCUT2D eigenvalue weighted by Crippen LogP contribution is -2.40. The molecule has 0 spiro atoms. The minimum absolute atomic E-state index is 0.0342. The van der Waals surface area contributed by atoms with E-state index in [1.165, 1.54) is 15.8 Å². The van der Waals surface area contributed by atoms with E-state index in [4.69, 9.17) is 0 Å². The van der Waals surface area contributed by atoms with Crippen LogP contribution in [0.25, 0.3) is 10.9 Å². The molecule has 6 heteroatoms. The van der Waals surface area contributed by atoms with E-state index in [1.54, 1.807) is 24.3 Å². The fourth-order valence-corrected chi connectivity index (χ4v) is 4.18. The molecule has 0 bridgehead atoms. The van der Waals surface area contributed by atoms with Gasteiger partial charge >= 0.3 is 0 Å². The molecule has 0 aliphatic carbocycles. The van der Waals surface area contributed by atoms with Gasteiger partial charge in [-0.05, 0) is 29.7 Å². The van der Waals surface area contributed by atoms with Crippen molar-refractivity contribution < 1.29 is 14.4 Å². The molecule has 6 nitrogen and oxygen atoms in total. The molecule has 0 unspecified atom stereocenters. The summed E-state index contributed by atoms with van der Waals surface area (Å²) in [6.07, 6.45) is 0.145. The Morgan fingerprint density at radius 2 is 1.57 bits per heavy atom. The Balaban J connectivity index is 1.27. The van der Waals surface area contributed by atoms with Crippen molar-refractivity contribution in [1.29, 1.82) is 0 Å². The number of hydrogen-bond donors (Lipinski definition) is 0. The number of carbonyl (C=O) groups is 3. The fraction of sp³-hybridized carbons (Fsp3) is 0.227. The maximum absolute atomic E-state index is 12.7. The van der Waals surface area contributed by atoms with Gasteiger partial charge in [0.15, 0.2) is 0 Å². The number of para-hydroxylation sites is 1. The van der Waals surface area contributed by atoms with E-state index >= 15 is 0 Å². The average Bonchev–Trinajstić information content (AvgIpc) is 3.21. The first-order valence-corrected chi connectivity index (χ1v) is 9.43. The first kappa shape index (κ1) is 16.7. The molecule has 0 fully saturated rings. The van der Waals surface area contributed by atoms with Gasteiger partial charge < -0.3 is 9.47 Å². The van der Waals surface area contributed by atoms with Crippen molar-refractivity contribution in [3.8, 4) is 0 Å². The molecular weight excluding hydrogens is 354 g/mol. The Labute approximate surface area is 162 Å². The van der Waals surface area contributed by atoms with Gasteiger partial charge in [0.1, 0.15) is 0 Å². The zero-order valence-corrected chi connectivity index (χ0v) is 15.3. The monoisotopic (exact) mass is 373 g/mol. The Morgan fingerprint density at radius 3 is 2.32 bits per heavy atom. The van der Waals surface area contributed by atoms with Crippen LogP contribution in [0.1, 0.15) is 32.8 Å². The highest BCUT2D eigenvalue weighted by Crippen LogP contribution is 2.25. The quantitative estimate of drug-likeness (QED) is 0.663. The normalized spacial score (nSPS) is 15.9. The molecular formula is C22H19N3O3. The van der Waals surface area contributed by atoms with Crippen LogP contribution in [0.2, 0.25) is 0 Å². The highest BCUT2D eigenvalue weighted by atomic mass is 16.2. The highest BCUT2D eigenvalue weighted by Gasteiger charge is 2.35. The first-order chi connectivity index (χ1) is 13.6. The van der Waals surface area contributed by atoms with E-state index in [0.29, 0.717) is 24.2 Å². The van der Waals surface area contributed by atoms with Crippen LogP contribution in [-0.2, 0) is 17.9 Å². The minimum atomic E-state index is -0.313. The van der Waals surface area contributed by atoms with Gasteiger partial charge in [-0.3, -0.25) is 19.3 Å². The number of aromatic nitrogens is 1. The van der Waals surface area contributed by atoms with Crippen LogP contribution >= 0.6 is 0 Å². The van der Waals surface area contributed by atoms with Gasteiger partial charge in [-0.1, -0.05) is 30.3 Å². The van der Waals surface area contributed by atoms with Crippen LogP contribution in [0, 0.1) is 0 Å². The SMILES string of the molecule is O=C(CCN1C(=O)c2ccccc2C1=O)N1CCn2c(cc3ccccc32)C1. The van der Waals surface area contributed by atoms with Crippen LogP contribution in [0.5, 0.6) is 0 Å². The molecule has 2 aliphatic rings. The number of hydrogen-bond acceptors (Lipinski definition) is 3.